The summed E-state index contributed by atoms with van der Waals surface area (Å²) in [6.07, 6.45) is 1.86. The number of hydrogen-bond acceptors (Lipinski definition) is 3. The molecule has 2 rings (SSSR count). The summed E-state index contributed by atoms with van der Waals surface area (Å²) in [5.41, 5.74) is 0.488. The number of methoxy groups -OCH3 is 1. The molecule has 2 aromatic rings. The molecule has 0 spiro atoms. The molecular weight excluding hydrogens is 320 g/mol. The number of ether oxygens (including phenoxy) is 2. The molecule has 0 aliphatic heterocycles. The first-order valence-electron chi connectivity index (χ1n) is 6.61. The first-order valence-corrected chi connectivity index (χ1v) is 7.40. The minimum Gasteiger partial charge on any atom is -0.496 e. The maximum Gasteiger partial charge on any atom is 0.342 e. The molecule has 0 aliphatic carbocycles. The maximum atomic E-state index is 12.3. The van der Waals surface area contributed by atoms with Gasteiger partial charge in [0.2, 0.25) is 0 Å². The fourth-order valence-corrected chi connectivity index (χ4v) is 2.61. The van der Waals surface area contributed by atoms with Crippen LogP contribution in [-0.2, 0) is 4.74 Å². The number of unbranched alkanes of at least 4 members (excludes halogenated alkanes) is 1. The number of hydrogen-bond donors (Lipinski definition) is 0. The summed E-state index contributed by atoms with van der Waals surface area (Å²) in [6.45, 7) is 2.49. The average Bonchev–Trinajstić information content (AvgIpc) is 2.47. The number of carbonyl (C=O) groups is 1. The number of esters is 1. The van der Waals surface area contributed by atoms with Gasteiger partial charge in [0.15, 0.2) is 0 Å². The minimum atomic E-state index is -0.334. The van der Waals surface area contributed by atoms with Crippen molar-refractivity contribution in [3.05, 3.63) is 40.4 Å². The zero-order chi connectivity index (χ0) is 14.5. The van der Waals surface area contributed by atoms with Gasteiger partial charge in [-0.3, -0.25) is 0 Å². The second kappa shape index (κ2) is 6.75. The molecule has 0 atom stereocenters. The fraction of sp³-hybridized carbons (Fsp3) is 0.312. The lowest BCUT2D eigenvalue weighted by Gasteiger charge is -2.13. The van der Waals surface area contributed by atoms with Crippen LogP contribution in [0.4, 0.5) is 0 Å². The van der Waals surface area contributed by atoms with Gasteiger partial charge >= 0.3 is 5.97 Å². The first kappa shape index (κ1) is 14.9. The van der Waals surface area contributed by atoms with Gasteiger partial charge < -0.3 is 9.47 Å². The molecule has 3 nitrogen and oxygen atoms in total. The normalized spacial score (nSPS) is 10.6. The van der Waals surface area contributed by atoms with Crippen LogP contribution in [0, 0.1) is 0 Å². The second-order valence-electron chi connectivity index (χ2n) is 4.47. The topological polar surface area (TPSA) is 35.5 Å². The van der Waals surface area contributed by atoms with Gasteiger partial charge in [0.05, 0.1) is 13.7 Å². The molecule has 0 radical (unpaired) electrons. The van der Waals surface area contributed by atoms with E-state index >= 15 is 0 Å². The summed E-state index contributed by atoms with van der Waals surface area (Å²) >= 11 is 3.50. The molecule has 0 fully saturated rings. The summed E-state index contributed by atoms with van der Waals surface area (Å²) in [5.74, 6) is 0.191. The Balaban J connectivity index is 2.49. The van der Waals surface area contributed by atoms with Gasteiger partial charge in [-0.15, -0.1) is 0 Å². The number of carbonyl (C=O) groups excluding carboxylic acids is 1. The number of benzene rings is 2. The van der Waals surface area contributed by atoms with Crippen LogP contribution in [0.2, 0.25) is 0 Å². The van der Waals surface area contributed by atoms with E-state index in [2.05, 4.69) is 22.9 Å². The highest BCUT2D eigenvalue weighted by Crippen LogP contribution is 2.34. The van der Waals surface area contributed by atoms with E-state index in [1.54, 1.807) is 13.2 Å². The minimum absolute atomic E-state index is 0.334. The molecule has 2 aromatic carbocycles. The molecule has 0 aliphatic rings. The van der Waals surface area contributed by atoms with Crippen LogP contribution in [0.3, 0.4) is 0 Å². The summed E-state index contributed by atoms with van der Waals surface area (Å²) < 4.78 is 11.6. The van der Waals surface area contributed by atoms with Crippen LogP contribution >= 0.6 is 15.9 Å². The molecule has 0 amide bonds. The highest BCUT2D eigenvalue weighted by atomic mass is 79.9. The number of halogens is 1. The van der Waals surface area contributed by atoms with Crippen LogP contribution in [0.5, 0.6) is 5.75 Å². The SMILES string of the molecule is CCCCOC(=O)c1c(OC)cc(Br)c2ccccc12. The lowest BCUT2D eigenvalue weighted by atomic mass is 10.0. The predicted molar refractivity (Wildman–Crippen MR) is 83.4 cm³/mol. The molecule has 4 heteroatoms. The van der Waals surface area contributed by atoms with E-state index in [0.29, 0.717) is 17.9 Å². The van der Waals surface area contributed by atoms with Gasteiger partial charge in [-0.2, -0.15) is 0 Å². The summed E-state index contributed by atoms with van der Waals surface area (Å²) in [4.78, 5) is 12.3. The van der Waals surface area contributed by atoms with Crippen molar-refractivity contribution in [2.24, 2.45) is 0 Å². The summed E-state index contributed by atoms with van der Waals surface area (Å²) in [6, 6.07) is 9.50. The second-order valence-corrected chi connectivity index (χ2v) is 5.33. The van der Waals surface area contributed by atoms with Crippen molar-refractivity contribution in [2.75, 3.05) is 13.7 Å². The Labute approximate surface area is 127 Å². The Morgan fingerprint density at radius 2 is 1.95 bits per heavy atom. The van der Waals surface area contributed by atoms with Gasteiger partial charge in [0, 0.05) is 9.86 Å². The van der Waals surface area contributed by atoms with Crippen molar-refractivity contribution < 1.29 is 14.3 Å². The van der Waals surface area contributed by atoms with E-state index in [1.807, 2.05) is 24.3 Å². The predicted octanol–water partition coefficient (Wildman–Crippen LogP) is 4.57. The smallest absolute Gasteiger partial charge is 0.342 e. The third kappa shape index (κ3) is 2.96. The highest BCUT2D eigenvalue weighted by Gasteiger charge is 2.19. The van der Waals surface area contributed by atoms with Gasteiger partial charge in [-0.1, -0.05) is 53.5 Å². The van der Waals surface area contributed by atoms with Gasteiger partial charge in [-0.25, -0.2) is 4.79 Å². The van der Waals surface area contributed by atoms with Crippen molar-refractivity contribution >= 4 is 32.7 Å². The Bertz CT molecular complexity index is 622. The van der Waals surface area contributed by atoms with E-state index in [-0.39, 0.29) is 5.97 Å². The molecule has 0 saturated carbocycles. The zero-order valence-electron chi connectivity index (χ0n) is 11.6. The van der Waals surface area contributed by atoms with Gasteiger partial charge in [0.1, 0.15) is 11.3 Å². The summed E-state index contributed by atoms with van der Waals surface area (Å²) in [7, 11) is 1.55. The maximum absolute atomic E-state index is 12.3. The van der Waals surface area contributed by atoms with Crippen LogP contribution in [0.25, 0.3) is 10.8 Å². The van der Waals surface area contributed by atoms with Crippen LogP contribution in [0.15, 0.2) is 34.8 Å². The molecule has 0 N–H and O–H groups in total. The fourth-order valence-electron chi connectivity index (χ4n) is 2.06. The molecule has 0 unspecified atom stereocenters. The first-order chi connectivity index (χ1) is 9.69. The van der Waals surface area contributed by atoms with Crippen molar-refractivity contribution in [1.82, 2.24) is 0 Å². The molecule has 0 saturated heterocycles. The van der Waals surface area contributed by atoms with E-state index in [0.717, 1.165) is 28.1 Å². The molecule has 0 heterocycles. The van der Waals surface area contributed by atoms with Crippen molar-refractivity contribution in [2.45, 2.75) is 19.8 Å². The van der Waals surface area contributed by atoms with Crippen molar-refractivity contribution in [3.63, 3.8) is 0 Å². The monoisotopic (exact) mass is 336 g/mol. The number of rotatable bonds is 5. The average molecular weight is 337 g/mol. The van der Waals surface area contributed by atoms with Crippen LogP contribution < -0.4 is 4.74 Å². The Morgan fingerprint density at radius 1 is 1.25 bits per heavy atom. The zero-order valence-corrected chi connectivity index (χ0v) is 13.2. The molecule has 0 aromatic heterocycles. The number of fused-ring (bicyclic) bond motifs is 1. The lowest BCUT2D eigenvalue weighted by molar-refractivity contribution is 0.0498. The third-order valence-electron chi connectivity index (χ3n) is 3.11. The highest BCUT2D eigenvalue weighted by molar-refractivity contribution is 9.10. The van der Waals surface area contributed by atoms with Gasteiger partial charge in [0.25, 0.3) is 0 Å². The van der Waals surface area contributed by atoms with Gasteiger partial charge in [-0.05, 0) is 17.9 Å². The summed E-state index contributed by atoms with van der Waals surface area (Å²) in [5, 5.41) is 1.80. The Morgan fingerprint density at radius 3 is 2.60 bits per heavy atom. The Kier molecular flexibility index (Phi) is 5.01. The Hall–Kier alpha value is -1.55. The van der Waals surface area contributed by atoms with E-state index in [4.69, 9.17) is 9.47 Å². The van der Waals surface area contributed by atoms with Crippen molar-refractivity contribution in [3.8, 4) is 5.75 Å². The lowest BCUT2D eigenvalue weighted by Crippen LogP contribution is -2.09. The van der Waals surface area contributed by atoms with Crippen molar-refractivity contribution in [1.29, 1.82) is 0 Å². The molecule has 20 heavy (non-hydrogen) atoms. The largest absolute Gasteiger partial charge is 0.496 e. The standard InChI is InChI=1S/C16H17BrO3/c1-3-4-9-20-16(18)15-12-8-6-5-7-11(12)13(17)10-14(15)19-2/h5-8,10H,3-4,9H2,1-2H3. The van der Waals surface area contributed by atoms with Crippen LogP contribution in [0.1, 0.15) is 30.1 Å². The van der Waals surface area contributed by atoms with E-state index in [1.165, 1.54) is 0 Å². The molecule has 106 valence electrons. The molecular formula is C16H17BrO3. The van der Waals surface area contributed by atoms with E-state index in [9.17, 15) is 4.79 Å². The van der Waals surface area contributed by atoms with E-state index < -0.39 is 0 Å². The third-order valence-corrected chi connectivity index (χ3v) is 3.77. The quantitative estimate of drug-likeness (QED) is 0.592. The van der Waals surface area contributed by atoms with Crippen LogP contribution in [-0.4, -0.2) is 19.7 Å². The molecule has 0 bridgehead atoms.